The minimum atomic E-state index is -3.68. The van der Waals surface area contributed by atoms with Gasteiger partial charge < -0.3 is 9.47 Å². The SMILES string of the molecule is CCCCOCC(OS(C)(=O)=O)C(C(=O)OCC)C(C)C. The van der Waals surface area contributed by atoms with E-state index in [9.17, 15) is 13.2 Å². The molecule has 0 aromatic heterocycles. The van der Waals surface area contributed by atoms with Gasteiger partial charge in [0.1, 0.15) is 6.10 Å². The number of carbonyl (C=O) groups excluding carboxylic acids is 1. The van der Waals surface area contributed by atoms with E-state index >= 15 is 0 Å². The molecule has 0 spiro atoms. The third-order valence-corrected chi connectivity index (χ3v) is 3.50. The van der Waals surface area contributed by atoms with Gasteiger partial charge in [0, 0.05) is 6.61 Å². The van der Waals surface area contributed by atoms with E-state index in [1.165, 1.54) is 0 Å². The molecule has 0 amide bonds. The second kappa shape index (κ2) is 10.1. The summed E-state index contributed by atoms with van der Waals surface area (Å²) in [7, 11) is -3.68. The average Bonchev–Trinajstić information content (AvgIpc) is 2.32. The van der Waals surface area contributed by atoms with Gasteiger partial charge in [-0.3, -0.25) is 8.98 Å². The molecular formula is C14H28O6S. The van der Waals surface area contributed by atoms with Crippen molar-refractivity contribution < 1.29 is 26.9 Å². The molecule has 0 aliphatic heterocycles. The molecule has 0 aliphatic rings. The molecule has 0 aromatic carbocycles. The van der Waals surface area contributed by atoms with E-state index in [1.54, 1.807) is 6.92 Å². The summed E-state index contributed by atoms with van der Waals surface area (Å²) >= 11 is 0. The van der Waals surface area contributed by atoms with Gasteiger partial charge in [-0.05, 0) is 19.3 Å². The zero-order valence-corrected chi connectivity index (χ0v) is 14.4. The lowest BCUT2D eigenvalue weighted by Gasteiger charge is -2.27. The van der Waals surface area contributed by atoms with Crippen LogP contribution in [0.25, 0.3) is 0 Å². The van der Waals surface area contributed by atoms with Crippen LogP contribution in [-0.2, 0) is 28.6 Å². The van der Waals surface area contributed by atoms with Gasteiger partial charge in [-0.15, -0.1) is 0 Å². The number of rotatable bonds is 11. The van der Waals surface area contributed by atoms with Crippen molar-refractivity contribution in [2.75, 3.05) is 26.1 Å². The Morgan fingerprint density at radius 1 is 1.19 bits per heavy atom. The number of unbranched alkanes of at least 4 members (excludes halogenated alkanes) is 1. The first-order chi connectivity index (χ1) is 9.72. The quantitative estimate of drug-likeness (QED) is 0.328. The van der Waals surface area contributed by atoms with E-state index in [0.29, 0.717) is 6.61 Å². The van der Waals surface area contributed by atoms with Crippen LogP contribution in [0.5, 0.6) is 0 Å². The fourth-order valence-corrected chi connectivity index (χ4v) is 2.58. The molecule has 0 bridgehead atoms. The monoisotopic (exact) mass is 324 g/mol. The Kier molecular flexibility index (Phi) is 9.81. The molecule has 0 rings (SSSR count). The summed E-state index contributed by atoms with van der Waals surface area (Å²) in [5, 5.41) is 0. The van der Waals surface area contributed by atoms with Gasteiger partial charge in [0.05, 0.1) is 25.4 Å². The molecule has 0 saturated heterocycles. The normalized spacial score (nSPS) is 15.0. The van der Waals surface area contributed by atoms with Crippen molar-refractivity contribution in [2.24, 2.45) is 11.8 Å². The van der Waals surface area contributed by atoms with E-state index in [1.807, 2.05) is 20.8 Å². The van der Waals surface area contributed by atoms with E-state index in [4.69, 9.17) is 13.7 Å². The first-order valence-corrected chi connectivity index (χ1v) is 9.17. The lowest BCUT2D eigenvalue weighted by atomic mass is 9.90. The minimum Gasteiger partial charge on any atom is -0.466 e. The zero-order chi connectivity index (χ0) is 16.5. The van der Waals surface area contributed by atoms with Crippen LogP contribution in [0.4, 0.5) is 0 Å². The lowest BCUT2D eigenvalue weighted by Crippen LogP contribution is -2.40. The number of ether oxygens (including phenoxy) is 2. The van der Waals surface area contributed by atoms with Crippen LogP contribution < -0.4 is 0 Å². The first kappa shape index (κ1) is 20.3. The molecular weight excluding hydrogens is 296 g/mol. The van der Waals surface area contributed by atoms with Gasteiger partial charge in [0.15, 0.2) is 0 Å². The molecule has 126 valence electrons. The van der Waals surface area contributed by atoms with Crippen molar-refractivity contribution >= 4 is 16.1 Å². The zero-order valence-electron chi connectivity index (χ0n) is 13.6. The van der Waals surface area contributed by atoms with Gasteiger partial charge in [0.25, 0.3) is 10.1 Å². The van der Waals surface area contributed by atoms with Gasteiger partial charge in [0.2, 0.25) is 0 Å². The number of hydrogen-bond acceptors (Lipinski definition) is 6. The Bertz CT molecular complexity index is 390. The molecule has 0 N–H and O–H groups in total. The van der Waals surface area contributed by atoms with Crippen molar-refractivity contribution in [3.8, 4) is 0 Å². The molecule has 0 saturated carbocycles. The fourth-order valence-electron chi connectivity index (χ4n) is 1.95. The Morgan fingerprint density at radius 3 is 2.24 bits per heavy atom. The van der Waals surface area contributed by atoms with E-state index < -0.39 is 28.1 Å². The number of carbonyl (C=O) groups is 1. The van der Waals surface area contributed by atoms with Crippen LogP contribution in [0.1, 0.15) is 40.5 Å². The molecule has 6 nitrogen and oxygen atoms in total. The molecule has 0 heterocycles. The van der Waals surface area contributed by atoms with Gasteiger partial charge >= 0.3 is 5.97 Å². The maximum Gasteiger partial charge on any atom is 0.311 e. The third kappa shape index (κ3) is 9.06. The Balaban J connectivity index is 4.96. The second-order valence-corrected chi connectivity index (χ2v) is 6.89. The number of hydrogen-bond donors (Lipinski definition) is 0. The van der Waals surface area contributed by atoms with E-state index in [-0.39, 0.29) is 19.1 Å². The average molecular weight is 324 g/mol. The maximum absolute atomic E-state index is 12.0. The van der Waals surface area contributed by atoms with Crippen molar-refractivity contribution in [3.05, 3.63) is 0 Å². The predicted octanol–water partition coefficient (Wildman–Crippen LogP) is 1.98. The minimum absolute atomic E-state index is 0.0503. The van der Waals surface area contributed by atoms with Crippen LogP contribution in [0.3, 0.4) is 0 Å². The summed E-state index contributed by atoms with van der Waals surface area (Å²) in [5.41, 5.74) is 0. The van der Waals surface area contributed by atoms with Crippen molar-refractivity contribution in [3.63, 3.8) is 0 Å². The summed E-state index contributed by atoms with van der Waals surface area (Å²) in [5.74, 6) is -1.26. The van der Waals surface area contributed by atoms with Crippen LogP contribution in [-0.4, -0.2) is 46.6 Å². The standard InChI is InChI=1S/C14H28O6S/c1-6-8-9-18-10-12(20-21(5,16)17)13(11(3)4)14(15)19-7-2/h11-13H,6-10H2,1-5H3. The summed E-state index contributed by atoms with van der Waals surface area (Å²) in [4.78, 5) is 12.0. The molecule has 0 aromatic rings. The second-order valence-electron chi connectivity index (χ2n) is 5.29. The Morgan fingerprint density at radius 2 is 1.81 bits per heavy atom. The highest BCUT2D eigenvalue weighted by atomic mass is 32.2. The van der Waals surface area contributed by atoms with Crippen molar-refractivity contribution in [1.29, 1.82) is 0 Å². The van der Waals surface area contributed by atoms with Crippen molar-refractivity contribution in [2.45, 2.75) is 46.6 Å². The summed E-state index contributed by atoms with van der Waals surface area (Å²) in [6.07, 6.45) is 1.95. The highest BCUT2D eigenvalue weighted by Crippen LogP contribution is 2.22. The smallest absolute Gasteiger partial charge is 0.311 e. The van der Waals surface area contributed by atoms with Crippen LogP contribution in [0.15, 0.2) is 0 Å². The summed E-state index contributed by atoms with van der Waals surface area (Å²) in [6, 6.07) is 0. The molecule has 0 fully saturated rings. The first-order valence-electron chi connectivity index (χ1n) is 7.35. The Labute approximate surface area is 128 Å². The van der Waals surface area contributed by atoms with Crippen LogP contribution >= 0.6 is 0 Å². The van der Waals surface area contributed by atoms with Gasteiger partial charge in [-0.2, -0.15) is 8.42 Å². The molecule has 0 radical (unpaired) electrons. The van der Waals surface area contributed by atoms with E-state index in [0.717, 1.165) is 19.1 Å². The lowest BCUT2D eigenvalue weighted by molar-refractivity contribution is -0.155. The topological polar surface area (TPSA) is 78.9 Å². The summed E-state index contributed by atoms with van der Waals surface area (Å²) in [6.45, 7) is 8.19. The molecule has 2 atom stereocenters. The van der Waals surface area contributed by atoms with Crippen LogP contribution in [0, 0.1) is 11.8 Å². The highest BCUT2D eigenvalue weighted by molar-refractivity contribution is 7.86. The molecule has 7 heteroatoms. The maximum atomic E-state index is 12.0. The number of esters is 1. The fraction of sp³-hybridized carbons (Fsp3) is 0.929. The third-order valence-electron chi connectivity index (χ3n) is 2.90. The summed E-state index contributed by atoms with van der Waals surface area (Å²) < 4.78 is 38.3. The van der Waals surface area contributed by atoms with Gasteiger partial charge in [-0.25, -0.2) is 0 Å². The Hall–Kier alpha value is -0.660. The predicted molar refractivity (Wildman–Crippen MR) is 80.4 cm³/mol. The molecule has 0 aliphatic carbocycles. The van der Waals surface area contributed by atoms with E-state index in [2.05, 4.69) is 0 Å². The van der Waals surface area contributed by atoms with Gasteiger partial charge in [-0.1, -0.05) is 27.2 Å². The highest BCUT2D eigenvalue weighted by Gasteiger charge is 2.35. The largest absolute Gasteiger partial charge is 0.466 e. The van der Waals surface area contributed by atoms with Crippen LogP contribution in [0.2, 0.25) is 0 Å². The molecule has 21 heavy (non-hydrogen) atoms. The van der Waals surface area contributed by atoms with Crippen molar-refractivity contribution in [1.82, 2.24) is 0 Å². The molecule has 2 unspecified atom stereocenters.